The number of ether oxygens (including phenoxy) is 1. The van der Waals surface area contributed by atoms with Crippen LogP contribution in [0.25, 0.3) is 0 Å². The zero-order chi connectivity index (χ0) is 14.8. The number of hydrogen-bond acceptors (Lipinski definition) is 5. The van der Waals surface area contributed by atoms with Gasteiger partial charge in [-0.3, -0.25) is 4.79 Å². The molecule has 0 aromatic heterocycles. The highest BCUT2D eigenvalue weighted by molar-refractivity contribution is 6.33. The predicted octanol–water partition coefficient (Wildman–Crippen LogP) is 0.552. The lowest BCUT2D eigenvalue weighted by Crippen LogP contribution is -2.44. The lowest BCUT2D eigenvalue weighted by Gasteiger charge is -2.31. The van der Waals surface area contributed by atoms with Gasteiger partial charge >= 0.3 is 0 Å². The lowest BCUT2D eigenvalue weighted by atomic mass is 9.85. The molecule has 0 radical (unpaired) electrons. The van der Waals surface area contributed by atoms with Gasteiger partial charge in [-0.25, -0.2) is 0 Å². The lowest BCUT2D eigenvalue weighted by molar-refractivity contribution is 0.0997. The second-order valence-electron chi connectivity index (χ2n) is 4.31. The van der Waals surface area contributed by atoms with Crippen LogP contribution in [-0.4, -0.2) is 19.6 Å². The van der Waals surface area contributed by atoms with Crippen molar-refractivity contribution in [1.29, 1.82) is 0 Å². The Bertz CT molecular complexity index is 501. The molecular weight excluding hydrogens is 268 g/mol. The molecule has 0 bridgehead atoms. The second kappa shape index (κ2) is 5.64. The summed E-state index contributed by atoms with van der Waals surface area (Å²) in [5, 5.41) is 0.196. The van der Waals surface area contributed by atoms with Gasteiger partial charge in [0, 0.05) is 12.1 Å². The molecule has 1 rings (SSSR count). The van der Waals surface area contributed by atoms with E-state index in [0.717, 1.165) is 0 Å². The number of hydrogen-bond donors (Lipinski definition) is 4. The molecule has 1 unspecified atom stereocenters. The third kappa shape index (κ3) is 2.60. The van der Waals surface area contributed by atoms with Crippen LogP contribution in [0.2, 0.25) is 5.02 Å². The van der Waals surface area contributed by atoms with E-state index in [1.807, 2.05) is 6.92 Å². The number of halogens is 1. The highest BCUT2D eigenvalue weighted by Crippen LogP contribution is 2.41. The number of rotatable bonds is 5. The molecule has 106 valence electrons. The van der Waals surface area contributed by atoms with Crippen LogP contribution in [0.15, 0.2) is 6.07 Å². The molecule has 1 aromatic carbocycles. The molecular formula is C12H19ClN4O2. The fourth-order valence-corrected chi connectivity index (χ4v) is 2.16. The molecule has 0 saturated heterocycles. The SMILES string of the molecule is CCC(N)(CN)c1c(N)c(Cl)cc(C(N)=O)c1OC. The van der Waals surface area contributed by atoms with E-state index in [-0.39, 0.29) is 28.6 Å². The monoisotopic (exact) mass is 286 g/mol. The van der Waals surface area contributed by atoms with Crippen LogP contribution >= 0.6 is 11.6 Å². The molecule has 1 aromatic rings. The molecule has 7 heteroatoms. The minimum atomic E-state index is -0.940. The Hall–Kier alpha value is -1.50. The van der Waals surface area contributed by atoms with Gasteiger partial charge in [0.2, 0.25) is 0 Å². The summed E-state index contributed by atoms with van der Waals surface area (Å²) in [6.45, 7) is 1.99. The summed E-state index contributed by atoms with van der Waals surface area (Å²) < 4.78 is 5.25. The first-order valence-corrected chi connectivity index (χ1v) is 6.15. The van der Waals surface area contributed by atoms with Crippen LogP contribution in [0, 0.1) is 0 Å². The maximum atomic E-state index is 11.5. The quantitative estimate of drug-likeness (QED) is 0.587. The minimum absolute atomic E-state index is 0.128. The van der Waals surface area contributed by atoms with E-state index >= 15 is 0 Å². The van der Waals surface area contributed by atoms with Gasteiger partial charge in [-0.05, 0) is 12.5 Å². The van der Waals surface area contributed by atoms with Crippen molar-refractivity contribution >= 4 is 23.2 Å². The topological polar surface area (TPSA) is 130 Å². The summed E-state index contributed by atoms with van der Waals surface area (Å²) in [7, 11) is 1.41. The van der Waals surface area contributed by atoms with E-state index in [9.17, 15) is 4.79 Å². The van der Waals surface area contributed by atoms with Gasteiger partial charge in [-0.15, -0.1) is 0 Å². The normalized spacial score (nSPS) is 13.9. The van der Waals surface area contributed by atoms with Crippen molar-refractivity contribution in [3.8, 4) is 5.75 Å². The molecule has 0 aliphatic heterocycles. The first-order valence-electron chi connectivity index (χ1n) is 5.77. The van der Waals surface area contributed by atoms with Crippen LogP contribution in [0.4, 0.5) is 5.69 Å². The van der Waals surface area contributed by atoms with Gasteiger partial charge in [0.1, 0.15) is 5.75 Å². The van der Waals surface area contributed by atoms with E-state index in [2.05, 4.69) is 0 Å². The van der Waals surface area contributed by atoms with E-state index in [1.54, 1.807) is 0 Å². The standard InChI is InChI=1S/C12H19ClN4O2/c1-3-12(17,5-14)8-9(15)7(13)4-6(11(16)18)10(8)19-2/h4H,3,5,14-15,17H2,1-2H3,(H2,16,18). The summed E-state index contributed by atoms with van der Waals surface area (Å²) >= 11 is 6.03. The Morgan fingerprint density at radius 3 is 2.47 bits per heavy atom. The Morgan fingerprint density at radius 1 is 1.53 bits per heavy atom. The third-order valence-corrected chi connectivity index (χ3v) is 3.54. The number of nitrogens with two attached hydrogens (primary N) is 4. The van der Waals surface area contributed by atoms with Crippen molar-refractivity contribution in [3.05, 3.63) is 22.2 Å². The zero-order valence-electron chi connectivity index (χ0n) is 11.0. The fraction of sp³-hybridized carbons (Fsp3) is 0.417. The molecule has 0 aliphatic carbocycles. The third-order valence-electron chi connectivity index (χ3n) is 3.23. The number of carbonyl (C=O) groups excluding carboxylic acids is 1. The van der Waals surface area contributed by atoms with Gasteiger partial charge in [-0.1, -0.05) is 18.5 Å². The number of primary amides is 1. The molecule has 1 amide bonds. The van der Waals surface area contributed by atoms with Gasteiger partial charge in [0.25, 0.3) is 5.91 Å². The van der Waals surface area contributed by atoms with Crippen molar-refractivity contribution in [1.82, 2.24) is 0 Å². The maximum absolute atomic E-state index is 11.5. The Kier molecular flexibility index (Phi) is 4.62. The molecule has 0 fully saturated rings. The molecule has 0 spiro atoms. The number of methoxy groups -OCH3 is 1. The van der Waals surface area contributed by atoms with Crippen molar-refractivity contribution in [2.24, 2.45) is 17.2 Å². The van der Waals surface area contributed by atoms with Gasteiger partial charge in [0.05, 0.1) is 28.9 Å². The van der Waals surface area contributed by atoms with E-state index in [4.69, 9.17) is 39.3 Å². The Labute approximate surface area is 117 Å². The number of anilines is 1. The van der Waals surface area contributed by atoms with Gasteiger partial charge in [-0.2, -0.15) is 0 Å². The average Bonchev–Trinajstić information content (AvgIpc) is 2.39. The summed E-state index contributed by atoms with van der Waals surface area (Å²) in [5.74, 6) is -0.445. The first-order chi connectivity index (χ1) is 8.82. The minimum Gasteiger partial charge on any atom is -0.495 e. The highest BCUT2D eigenvalue weighted by atomic mass is 35.5. The predicted molar refractivity (Wildman–Crippen MR) is 76.1 cm³/mol. The number of amides is 1. The van der Waals surface area contributed by atoms with Crippen LogP contribution in [0.5, 0.6) is 5.75 Å². The summed E-state index contributed by atoms with van der Waals surface area (Å²) in [4.78, 5) is 11.5. The number of nitrogen functional groups attached to an aromatic ring is 1. The van der Waals surface area contributed by atoms with E-state index in [0.29, 0.717) is 12.0 Å². The summed E-state index contributed by atoms with van der Waals surface area (Å²) in [6.07, 6.45) is 0.503. The molecule has 1 atom stereocenters. The maximum Gasteiger partial charge on any atom is 0.252 e. The molecule has 8 N–H and O–H groups in total. The smallest absolute Gasteiger partial charge is 0.252 e. The Morgan fingerprint density at radius 2 is 2.11 bits per heavy atom. The van der Waals surface area contributed by atoms with Crippen LogP contribution in [0.3, 0.4) is 0 Å². The van der Waals surface area contributed by atoms with Gasteiger partial charge in [0.15, 0.2) is 0 Å². The van der Waals surface area contributed by atoms with Crippen molar-refractivity contribution < 1.29 is 9.53 Å². The average molecular weight is 287 g/mol. The first kappa shape index (κ1) is 15.6. The van der Waals surface area contributed by atoms with E-state index < -0.39 is 11.4 Å². The van der Waals surface area contributed by atoms with Crippen LogP contribution < -0.4 is 27.7 Å². The Balaban J connectivity index is 3.74. The summed E-state index contributed by atoms with van der Waals surface area (Å²) in [6, 6.07) is 1.37. The molecule has 0 heterocycles. The fourth-order valence-electron chi connectivity index (χ4n) is 1.96. The van der Waals surface area contributed by atoms with E-state index in [1.165, 1.54) is 13.2 Å². The van der Waals surface area contributed by atoms with Crippen molar-refractivity contribution in [2.75, 3.05) is 19.4 Å². The number of benzene rings is 1. The number of carbonyl (C=O) groups is 1. The van der Waals surface area contributed by atoms with Crippen molar-refractivity contribution in [2.45, 2.75) is 18.9 Å². The molecule has 0 aliphatic rings. The summed E-state index contributed by atoms with van der Waals surface area (Å²) in [5.41, 5.74) is 23.1. The second-order valence-corrected chi connectivity index (χ2v) is 4.71. The van der Waals surface area contributed by atoms with Gasteiger partial charge < -0.3 is 27.7 Å². The molecule has 19 heavy (non-hydrogen) atoms. The highest BCUT2D eigenvalue weighted by Gasteiger charge is 2.33. The van der Waals surface area contributed by atoms with Crippen LogP contribution in [0.1, 0.15) is 29.3 Å². The molecule has 0 saturated carbocycles. The largest absolute Gasteiger partial charge is 0.495 e. The molecule has 6 nitrogen and oxygen atoms in total. The zero-order valence-corrected chi connectivity index (χ0v) is 11.8. The van der Waals surface area contributed by atoms with Crippen LogP contribution in [-0.2, 0) is 5.54 Å². The van der Waals surface area contributed by atoms with Crippen molar-refractivity contribution in [3.63, 3.8) is 0 Å².